The summed E-state index contributed by atoms with van der Waals surface area (Å²) < 4.78 is 0. The van der Waals surface area contributed by atoms with Crippen LogP contribution in [-0.2, 0) is 4.79 Å². The minimum absolute atomic E-state index is 0.0329. The zero-order valence-electron chi connectivity index (χ0n) is 19.0. The molecule has 4 N–H and O–H groups in total. The molecule has 0 unspecified atom stereocenters. The fraction of sp³-hybridized carbons (Fsp3) is 0.750. The summed E-state index contributed by atoms with van der Waals surface area (Å²) in [7, 11) is 0. The van der Waals surface area contributed by atoms with Crippen molar-refractivity contribution in [1.29, 1.82) is 0 Å². The number of amides is 1. The average molecular weight is 434 g/mol. The Balaban J connectivity index is 1.83. The van der Waals surface area contributed by atoms with E-state index in [0.717, 1.165) is 23.4 Å². The highest BCUT2D eigenvalue weighted by molar-refractivity contribution is 7.80. The minimum Gasteiger partial charge on any atom is -0.508 e. The van der Waals surface area contributed by atoms with Gasteiger partial charge in [0.2, 0.25) is 5.91 Å². The van der Waals surface area contributed by atoms with E-state index in [0.29, 0.717) is 24.8 Å². The van der Waals surface area contributed by atoms with Crippen LogP contribution in [0.5, 0.6) is 0 Å². The van der Waals surface area contributed by atoms with E-state index in [9.17, 15) is 9.90 Å². The van der Waals surface area contributed by atoms with Crippen molar-refractivity contribution < 1.29 is 9.90 Å². The summed E-state index contributed by atoms with van der Waals surface area (Å²) in [5.74, 6) is 1.61. The number of nitrogens with one attached hydrogen (secondary N) is 1. The average Bonchev–Trinajstić information content (AvgIpc) is 2.64. The monoisotopic (exact) mass is 433 g/mol. The molecule has 6 heteroatoms. The number of fused-ring (bicyclic) bond motifs is 1. The third-order valence-corrected chi connectivity index (χ3v) is 7.17. The molecule has 3 rings (SSSR count). The van der Waals surface area contributed by atoms with Crippen LogP contribution in [-0.4, -0.2) is 51.5 Å². The number of rotatable bonds is 5. The Labute approximate surface area is 187 Å². The van der Waals surface area contributed by atoms with Crippen LogP contribution in [0.1, 0.15) is 66.2 Å². The fourth-order valence-electron chi connectivity index (χ4n) is 5.38. The summed E-state index contributed by atoms with van der Waals surface area (Å²) in [4.78, 5) is 16.3. The standard InChI is InChI=1S/C24H39N3O2S/c1-15(25)20(19-10-9-18(30)12-22(19)28)14-27-13-17-8-6-5-7-16(17)11-21(27)23(29)26-24(2,3)4/h10,12,15-17,20-21,28H,5-9,11,13-14,25H2,1-4H3,(H,26,29)/t15-,16-,17+,20+,21-/m0/s1. The van der Waals surface area contributed by atoms with Gasteiger partial charge in [-0.25, -0.2) is 0 Å². The lowest BCUT2D eigenvalue weighted by Crippen LogP contribution is -2.59. The Kier molecular flexibility index (Phi) is 7.41. The van der Waals surface area contributed by atoms with Gasteiger partial charge in [-0.1, -0.05) is 37.6 Å². The Morgan fingerprint density at radius 1 is 1.33 bits per heavy atom. The predicted octanol–water partition coefficient (Wildman–Crippen LogP) is 3.89. The molecule has 30 heavy (non-hydrogen) atoms. The van der Waals surface area contributed by atoms with E-state index in [1.54, 1.807) is 6.08 Å². The van der Waals surface area contributed by atoms with E-state index in [-0.39, 0.29) is 35.2 Å². The topological polar surface area (TPSA) is 78.6 Å². The van der Waals surface area contributed by atoms with E-state index >= 15 is 0 Å². The van der Waals surface area contributed by atoms with Gasteiger partial charge in [-0.3, -0.25) is 9.69 Å². The van der Waals surface area contributed by atoms with E-state index < -0.39 is 0 Å². The molecule has 1 aliphatic heterocycles. The Morgan fingerprint density at radius 2 is 2.00 bits per heavy atom. The van der Waals surface area contributed by atoms with Crippen molar-refractivity contribution in [3.8, 4) is 0 Å². The van der Waals surface area contributed by atoms with Crippen molar-refractivity contribution in [2.45, 2.75) is 83.8 Å². The molecule has 0 aromatic carbocycles. The number of piperidine rings is 1. The summed E-state index contributed by atoms with van der Waals surface area (Å²) in [6.07, 6.45) is 10.3. The summed E-state index contributed by atoms with van der Waals surface area (Å²) >= 11 is 5.24. The molecule has 0 radical (unpaired) electrons. The van der Waals surface area contributed by atoms with Gasteiger partial charge >= 0.3 is 0 Å². The van der Waals surface area contributed by atoms with Crippen LogP contribution in [0.15, 0.2) is 23.5 Å². The lowest BCUT2D eigenvalue weighted by molar-refractivity contribution is -0.131. The molecule has 0 spiro atoms. The number of nitrogens with zero attached hydrogens (tertiary/aromatic N) is 1. The molecule has 5 nitrogen and oxygen atoms in total. The molecule has 2 fully saturated rings. The van der Waals surface area contributed by atoms with Crippen LogP contribution in [0.4, 0.5) is 0 Å². The van der Waals surface area contributed by atoms with E-state index in [1.165, 1.54) is 25.7 Å². The molecule has 1 amide bonds. The summed E-state index contributed by atoms with van der Waals surface area (Å²) in [6, 6.07) is -0.268. The van der Waals surface area contributed by atoms with Crippen molar-refractivity contribution in [3.05, 3.63) is 23.5 Å². The maximum Gasteiger partial charge on any atom is 0.237 e. The molecular weight excluding hydrogens is 394 g/mol. The second-order valence-electron chi connectivity index (χ2n) is 10.6. The molecule has 2 aliphatic carbocycles. The van der Waals surface area contributed by atoms with Gasteiger partial charge < -0.3 is 16.2 Å². The van der Waals surface area contributed by atoms with Gasteiger partial charge in [-0.2, -0.15) is 0 Å². The van der Waals surface area contributed by atoms with Crippen molar-refractivity contribution in [2.24, 2.45) is 23.5 Å². The molecule has 5 atom stereocenters. The van der Waals surface area contributed by atoms with Crippen LogP contribution in [0.3, 0.4) is 0 Å². The molecule has 0 aromatic heterocycles. The molecule has 1 saturated heterocycles. The van der Waals surface area contributed by atoms with Gasteiger partial charge in [-0.15, -0.1) is 0 Å². The van der Waals surface area contributed by atoms with E-state index in [1.807, 2.05) is 33.8 Å². The Morgan fingerprint density at radius 3 is 2.60 bits per heavy atom. The van der Waals surface area contributed by atoms with Gasteiger partial charge in [0.05, 0.1) is 6.04 Å². The number of aliphatic hydroxyl groups excluding tert-OH is 1. The number of likely N-dealkylation sites (tertiary alicyclic amines) is 1. The van der Waals surface area contributed by atoms with Gasteiger partial charge in [0.1, 0.15) is 5.76 Å². The molecule has 3 aliphatic rings. The van der Waals surface area contributed by atoms with Crippen LogP contribution >= 0.6 is 12.2 Å². The van der Waals surface area contributed by atoms with Crippen LogP contribution in [0.25, 0.3) is 0 Å². The van der Waals surface area contributed by atoms with Crippen molar-refractivity contribution in [2.75, 3.05) is 13.1 Å². The first-order chi connectivity index (χ1) is 14.0. The number of aliphatic hydroxyl groups is 1. The predicted molar refractivity (Wildman–Crippen MR) is 126 cm³/mol. The largest absolute Gasteiger partial charge is 0.508 e. The van der Waals surface area contributed by atoms with Crippen molar-refractivity contribution in [1.82, 2.24) is 10.2 Å². The molecule has 0 bridgehead atoms. The number of carbonyl (C=O) groups is 1. The third-order valence-electron chi connectivity index (χ3n) is 6.89. The first-order valence-electron chi connectivity index (χ1n) is 11.5. The summed E-state index contributed by atoms with van der Waals surface area (Å²) in [5.41, 5.74) is 7.02. The zero-order valence-corrected chi connectivity index (χ0v) is 19.8. The highest BCUT2D eigenvalue weighted by atomic mass is 32.1. The van der Waals surface area contributed by atoms with Crippen LogP contribution < -0.4 is 11.1 Å². The molecule has 1 saturated carbocycles. The minimum atomic E-state index is -0.255. The number of nitrogens with two attached hydrogens (primary N) is 1. The molecule has 168 valence electrons. The van der Waals surface area contributed by atoms with Gasteiger partial charge in [-0.05, 0) is 64.0 Å². The first-order valence-corrected chi connectivity index (χ1v) is 11.9. The van der Waals surface area contributed by atoms with Crippen LogP contribution in [0.2, 0.25) is 0 Å². The van der Waals surface area contributed by atoms with Crippen molar-refractivity contribution >= 4 is 23.0 Å². The third kappa shape index (κ3) is 5.71. The highest BCUT2D eigenvalue weighted by Crippen LogP contribution is 2.39. The van der Waals surface area contributed by atoms with Gasteiger partial charge in [0.25, 0.3) is 0 Å². The highest BCUT2D eigenvalue weighted by Gasteiger charge is 2.42. The second-order valence-corrected chi connectivity index (χ2v) is 11.1. The molecule has 1 heterocycles. The number of hydrogen-bond acceptors (Lipinski definition) is 5. The van der Waals surface area contributed by atoms with Crippen molar-refractivity contribution in [3.63, 3.8) is 0 Å². The maximum absolute atomic E-state index is 13.3. The summed E-state index contributed by atoms with van der Waals surface area (Å²) in [5, 5.41) is 13.8. The Hall–Kier alpha value is -1.24. The van der Waals surface area contributed by atoms with Gasteiger partial charge in [0.15, 0.2) is 0 Å². The number of carbonyl (C=O) groups excluding carboxylic acids is 1. The summed E-state index contributed by atoms with van der Waals surface area (Å²) in [6.45, 7) is 9.70. The molecule has 0 aromatic rings. The number of allylic oxidation sites excluding steroid dienone is 3. The lowest BCUT2D eigenvalue weighted by Gasteiger charge is -2.47. The fourth-order valence-corrected chi connectivity index (χ4v) is 5.57. The van der Waals surface area contributed by atoms with E-state index in [4.69, 9.17) is 18.0 Å². The smallest absolute Gasteiger partial charge is 0.237 e. The number of thiocarbonyl (C=S) groups is 1. The Bertz CT molecular complexity index is 722. The van der Waals surface area contributed by atoms with Gasteiger partial charge in [0, 0.05) is 41.9 Å². The molecular formula is C24H39N3O2S. The maximum atomic E-state index is 13.3. The van der Waals surface area contributed by atoms with Crippen LogP contribution in [0, 0.1) is 17.8 Å². The zero-order chi connectivity index (χ0) is 22.1. The van der Waals surface area contributed by atoms with E-state index in [2.05, 4.69) is 10.2 Å². The second kappa shape index (κ2) is 9.49. The first kappa shape index (κ1) is 23.4. The quantitative estimate of drug-likeness (QED) is 0.573. The SMILES string of the molecule is C[C@H](N)[C@@H](CN1C[C@H]2CCCC[C@H]2C[C@H]1C(=O)NC(C)(C)C)C1=CCC(=S)C=C1O. The lowest BCUT2D eigenvalue weighted by atomic mass is 9.72. The number of hydrogen-bond donors (Lipinski definition) is 3. The normalized spacial score (nSPS) is 30.0.